The number of likely N-dealkylation sites (N-methyl/N-ethyl adjacent to an activating group) is 1. The van der Waals surface area contributed by atoms with Gasteiger partial charge in [0.2, 0.25) is 11.8 Å². The fourth-order valence-corrected chi connectivity index (χ4v) is 6.71. The average Bonchev–Trinajstić information content (AvgIpc) is 3.16. The van der Waals surface area contributed by atoms with Crippen LogP contribution < -0.4 is 10.1 Å². The highest BCUT2D eigenvalue weighted by Crippen LogP contribution is 2.43. The standard InChI is InChI=1S/C27H38N2O4S/c1-29(25(30)8-4-5-19-9-12-21-6-2-3-7-22(21)17-19)15-16-33-23-13-10-20(11-14-23)18-24-26(31)28-27(32)34-24/h10-11,13-14,19,21-22,24H,2-9,12,15-18H2,1H3,(H,28,31,32)/t19-,21?,22?,24?/m0/s1. The maximum atomic E-state index is 12.5. The number of amides is 3. The Hall–Kier alpha value is -2.02. The monoisotopic (exact) mass is 486 g/mol. The van der Waals surface area contributed by atoms with Crippen molar-refractivity contribution in [1.82, 2.24) is 10.2 Å². The lowest BCUT2D eigenvalue weighted by atomic mass is 9.67. The summed E-state index contributed by atoms with van der Waals surface area (Å²) in [6.45, 7) is 1.01. The number of carbonyl (C=O) groups is 3. The molecule has 1 saturated heterocycles. The molecular weight excluding hydrogens is 448 g/mol. The first kappa shape index (κ1) is 25.1. The summed E-state index contributed by atoms with van der Waals surface area (Å²) in [6, 6.07) is 7.58. The average molecular weight is 487 g/mol. The lowest BCUT2D eigenvalue weighted by Gasteiger charge is -2.39. The molecule has 0 aromatic heterocycles. The number of imide groups is 1. The molecule has 2 aliphatic carbocycles. The molecule has 0 spiro atoms. The van der Waals surface area contributed by atoms with E-state index in [-0.39, 0.29) is 22.3 Å². The predicted octanol–water partition coefficient (Wildman–Crippen LogP) is 5.19. The minimum absolute atomic E-state index is 0.201. The smallest absolute Gasteiger partial charge is 0.286 e. The van der Waals surface area contributed by atoms with Crippen LogP contribution >= 0.6 is 11.8 Å². The highest BCUT2D eigenvalue weighted by atomic mass is 32.2. The third kappa shape index (κ3) is 7.00. The molecule has 3 fully saturated rings. The van der Waals surface area contributed by atoms with Crippen molar-refractivity contribution < 1.29 is 19.1 Å². The van der Waals surface area contributed by atoms with Gasteiger partial charge in [0.15, 0.2) is 0 Å². The van der Waals surface area contributed by atoms with Crippen molar-refractivity contribution in [3.8, 4) is 5.75 Å². The Balaban J connectivity index is 1.09. The van der Waals surface area contributed by atoms with E-state index in [1.165, 1.54) is 51.4 Å². The lowest BCUT2D eigenvalue weighted by molar-refractivity contribution is -0.130. The van der Waals surface area contributed by atoms with Gasteiger partial charge >= 0.3 is 0 Å². The van der Waals surface area contributed by atoms with Gasteiger partial charge in [-0.05, 0) is 67.6 Å². The van der Waals surface area contributed by atoms with Crippen LogP contribution in [0.1, 0.15) is 69.8 Å². The number of benzene rings is 1. The van der Waals surface area contributed by atoms with Crippen LogP contribution in [0.3, 0.4) is 0 Å². The van der Waals surface area contributed by atoms with Crippen LogP contribution in [0.5, 0.6) is 5.75 Å². The van der Waals surface area contributed by atoms with Crippen molar-refractivity contribution in [1.29, 1.82) is 0 Å². The molecular formula is C27H38N2O4S. The van der Waals surface area contributed by atoms with Crippen molar-refractivity contribution in [3.05, 3.63) is 29.8 Å². The van der Waals surface area contributed by atoms with Gasteiger partial charge in [0.05, 0.1) is 11.8 Å². The van der Waals surface area contributed by atoms with Crippen LogP contribution in [0.15, 0.2) is 24.3 Å². The third-order valence-corrected chi connectivity index (χ3v) is 8.87. The minimum Gasteiger partial charge on any atom is -0.492 e. The van der Waals surface area contributed by atoms with Gasteiger partial charge in [-0.15, -0.1) is 0 Å². The maximum absolute atomic E-state index is 12.5. The summed E-state index contributed by atoms with van der Waals surface area (Å²) in [7, 11) is 1.85. The van der Waals surface area contributed by atoms with E-state index in [0.29, 0.717) is 26.0 Å². The molecule has 1 heterocycles. The number of hydrogen-bond acceptors (Lipinski definition) is 5. The fourth-order valence-electron chi connectivity index (χ4n) is 5.85. The number of nitrogens with one attached hydrogen (secondary N) is 1. The zero-order valence-corrected chi connectivity index (χ0v) is 21.1. The van der Waals surface area contributed by atoms with Crippen LogP contribution in [-0.2, 0) is 16.0 Å². The summed E-state index contributed by atoms with van der Waals surface area (Å²) >= 11 is 1.04. The van der Waals surface area contributed by atoms with E-state index in [4.69, 9.17) is 4.74 Å². The zero-order valence-electron chi connectivity index (χ0n) is 20.3. The molecule has 0 bridgehead atoms. The summed E-state index contributed by atoms with van der Waals surface area (Å²) in [4.78, 5) is 37.3. The van der Waals surface area contributed by atoms with Crippen LogP contribution in [0, 0.1) is 17.8 Å². The van der Waals surface area contributed by atoms with E-state index in [9.17, 15) is 14.4 Å². The Kier molecular flexibility index (Phi) is 8.92. The molecule has 3 unspecified atom stereocenters. The zero-order chi connectivity index (χ0) is 23.9. The van der Waals surface area contributed by atoms with Gasteiger partial charge < -0.3 is 9.64 Å². The molecule has 186 valence electrons. The Bertz CT molecular complexity index is 859. The first-order valence-electron chi connectivity index (χ1n) is 12.9. The molecule has 1 aromatic carbocycles. The largest absolute Gasteiger partial charge is 0.492 e. The van der Waals surface area contributed by atoms with Crippen LogP contribution in [-0.4, -0.2) is 47.4 Å². The summed E-state index contributed by atoms with van der Waals surface area (Å²) in [5.41, 5.74) is 0.985. The van der Waals surface area contributed by atoms with Gasteiger partial charge in [0, 0.05) is 13.5 Å². The summed E-state index contributed by atoms with van der Waals surface area (Å²) < 4.78 is 5.81. The van der Waals surface area contributed by atoms with Gasteiger partial charge in [-0.25, -0.2) is 0 Å². The van der Waals surface area contributed by atoms with E-state index in [0.717, 1.165) is 47.2 Å². The molecule has 1 aromatic rings. The molecule has 34 heavy (non-hydrogen) atoms. The predicted molar refractivity (Wildman–Crippen MR) is 135 cm³/mol. The van der Waals surface area contributed by atoms with Crippen molar-refractivity contribution in [3.63, 3.8) is 0 Å². The van der Waals surface area contributed by atoms with Crippen LogP contribution in [0.2, 0.25) is 0 Å². The van der Waals surface area contributed by atoms with Crippen molar-refractivity contribution in [2.75, 3.05) is 20.2 Å². The number of thioether (sulfide) groups is 1. The van der Waals surface area contributed by atoms with Crippen molar-refractivity contribution in [2.24, 2.45) is 17.8 Å². The molecule has 6 nitrogen and oxygen atoms in total. The van der Waals surface area contributed by atoms with Crippen molar-refractivity contribution >= 4 is 28.8 Å². The topological polar surface area (TPSA) is 75.7 Å². The quantitative estimate of drug-likeness (QED) is 0.492. The molecule has 3 aliphatic rings. The number of fused-ring (bicyclic) bond motifs is 1. The van der Waals surface area contributed by atoms with Gasteiger partial charge in [-0.1, -0.05) is 56.0 Å². The second-order valence-electron chi connectivity index (χ2n) is 10.3. The van der Waals surface area contributed by atoms with Gasteiger partial charge in [0.25, 0.3) is 5.24 Å². The first-order valence-corrected chi connectivity index (χ1v) is 13.8. The van der Waals surface area contributed by atoms with Gasteiger partial charge in [0.1, 0.15) is 12.4 Å². The Morgan fingerprint density at radius 1 is 1.09 bits per heavy atom. The third-order valence-electron chi connectivity index (χ3n) is 7.88. The molecule has 1 N–H and O–H groups in total. The Morgan fingerprint density at radius 2 is 1.85 bits per heavy atom. The number of carbonyl (C=O) groups excluding carboxylic acids is 3. The van der Waals surface area contributed by atoms with E-state index in [1.807, 2.05) is 31.3 Å². The molecule has 1 aliphatic heterocycles. The fraction of sp³-hybridized carbons (Fsp3) is 0.667. The van der Waals surface area contributed by atoms with Crippen LogP contribution in [0.4, 0.5) is 4.79 Å². The molecule has 4 atom stereocenters. The number of ether oxygens (including phenoxy) is 1. The van der Waals surface area contributed by atoms with Crippen LogP contribution in [0.25, 0.3) is 0 Å². The molecule has 3 amide bonds. The van der Waals surface area contributed by atoms with E-state index < -0.39 is 0 Å². The summed E-state index contributed by atoms with van der Waals surface area (Å²) in [5.74, 6) is 3.50. The summed E-state index contributed by atoms with van der Waals surface area (Å²) in [6.07, 6.45) is 13.3. The normalized spacial score (nSPS) is 26.6. The van der Waals surface area contributed by atoms with E-state index in [2.05, 4.69) is 5.32 Å². The molecule has 2 saturated carbocycles. The molecule has 4 rings (SSSR count). The Morgan fingerprint density at radius 3 is 2.59 bits per heavy atom. The summed E-state index contributed by atoms with van der Waals surface area (Å²) in [5, 5.41) is 1.68. The van der Waals surface area contributed by atoms with Gasteiger partial charge in [-0.2, -0.15) is 0 Å². The minimum atomic E-state index is -0.360. The highest BCUT2D eigenvalue weighted by molar-refractivity contribution is 8.15. The first-order chi connectivity index (χ1) is 16.5. The second-order valence-corrected chi connectivity index (χ2v) is 11.4. The molecule has 7 heteroatoms. The highest BCUT2D eigenvalue weighted by Gasteiger charge is 2.32. The number of rotatable bonds is 10. The lowest BCUT2D eigenvalue weighted by Crippen LogP contribution is -2.31. The molecule has 0 radical (unpaired) electrons. The van der Waals surface area contributed by atoms with E-state index in [1.54, 1.807) is 4.90 Å². The number of nitrogens with zero attached hydrogens (tertiary/aromatic N) is 1. The maximum Gasteiger partial charge on any atom is 0.286 e. The van der Waals surface area contributed by atoms with Crippen molar-refractivity contribution in [2.45, 2.75) is 75.9 Å². The van der Waals surface area contributed by atoms with E-state index >= 15 is 0 Å². The Labute approximate surface area is 207 Å². The SMILES string of the molecule is CN(CCOc1ccc(CC2SC(=O)NC2=O)cc1)C(=O)CCC[C@H]1CCC2CCCCC2C1. The van der Waals surface area contributed by atoms with Gasteiger partial charge in [-0.3, -0.25) is 19.7 Å². The second kappa shape index (κ2) is 12.1. The number of hydrogen-bond donors (Lipinski definition) is 1.